The Bertz CT molecular complexity index is 1540. The molecule has 1 amide bonds. The largest absolute Gasteiger partial charge is 0.494 e. The number of aryl methyl sites for hydroxylation is 1. The number of anilines is 2. The number of aliphatic carboxylic acids is 1. The van der Waals surface area contributed by atoms with Gasteiger partial charge < -0.3 is 24.8 Å². The van der Waals surface area contributed by atoms with Gasteiger partial charge in [-0.15, -0.1) is 0 Å². The van der Waals surface area contributed by atoms with Crippen molar-refractivity contribution in [3.8, 4) is 11.5 Å². The molecule has 0 aromatic heterocycles. The fraction of sp³-hybridized carbons (Fsp3) is 0.250. The standard InChI is InChI=1S/C36H38N2O6/c1-3-12-34(39)38(32-17-9-7-13-26(32)2)23-11-24-43-29-21-19-27(20-22-29)25-31(35(40)41)37-30-16-8-10-18-33(30)44-36(42)28-14-5-4-6-15-28/h4-10,13-22,31,37H,3,11-12,23-25H2,1-2H3,(H,40,41). The molecule has 4 aromatic carbocycles. The molecule has 228 valence electrons. The third kappa shape index (κ3) is 8.94. The average molecular weight is 595 g/mol. The van der Waals surface area contributed by atoms with E-state index in [1.54, 1.807) is 54.6 Å². The minimum Gasteiger partial charge on any atom is -0.494 e. The normalized spacial score (nSPS) is 11.3. The number of para-hydroxylation sites is 3. The summed E-state index contributed by atoms with van der Waals surface area (Å²) in [6.07, 6.45) is 2.14. The van der Waals surface area contributed by atoms with Crippen LogP contribution in [0.4, 0.5) is 11.4 Å². The lowest BCUT2D eigenvalue weighted by molar-refractivity contribution is -0.137. The van der Waals surface area contributed by atoms with E-state index in [-0.39, 0.29) is 18.1 Å². The van der Waals surface area contributed by atoms with Crippen LogP contribution in [0.1, 0.15) is 47.7 Å². The molecule has 1 atom stereocenters. The number of carboxylic acids is 1. The summed E-state index contributed by atoms with van der Waals surface area (Å²) >= 11 is 0. The van der Waals surface area contributed by atoms with Crippen molar-refractivity contribution in [3.05, 3.63) is 120 Å². The number of nitrogens with zero attached hydrogens (tertiary/aromatic N) is 1. The molecule has 0 spiro atoms. The molecule has 0 fully saturated rings. The van der Waals surface area contributed by atoms with Crippen molar-refractivity contribution in [2.24, 2.45) is 0 Å². The molecule has 8 heteroatoms. The lowest BCUT2D eigenvalue weighted by atomic mass is 10.1. The molecule has 44 heavy (non-hydrogen) atoms. The van der Waals surface area contributed by atoms with Gasteiger partial charge in [0, 0.05) is 25.1 Å². The molecule has 0 bridgehead atoms. The van der Waals surface area contributed by atoms with Crippen LogP contribution < -0.4 is 19.7 Å². The van der Waals surface area contributed by atoms with Crippen molar-refractivity contribution >= 4 is 29.2 Å². The topological polar surface area (TPSA) is 105 Å². The van der Waals surface area contributed by atoms with Crippen LogP contribution in [0.3, 0.4) is 0 Å². The molecular weight excluding hydrogens is 556 g/mol. The Morgan fingerprint density at radius 2 is 1.55 bits per heavy atom. The highest BCUT2D eigenvalue weighted by molar-refractivity contribution is 5.94. The van der Waals surface area contributed by atoms with E-state index in [2.05, 4.69) is 5.32 Å². The first-order chi connectivity index (χ1) is 21.4. The van der Waals surface area contributed by atoms with Gasteiger partial charge >= 0.3 is 11.9 Å². The van der Waals surface area contributed by atoms with Crippen molar-refractivity contribution in [2.45, 2.75) is 45.6 Å². The van der Waals surface area contributed by atoms with Crippen LogP contribution in [0.15, 0.2) is 103 Å². The van der Waals surface area contributed by atoms with Gasteiger partial charge in [0.1, 0.15) is 11.8 Å². The quantitative estimate of drug-likeness (QED) is 0.0874. The van der Waals surface area contributed by atoms with Crippen LogP contribution in [0.25, 0.3) is 0 Å². The van der Waals surface area contributed by atoms with E-state index in [0.717, 1.165) is 23.2 Å². The van der Waals surface area contributed by atoms with E-state index in [1.165, 1.54) is 0 Å². The number of rotatable bonds is 15. The highest BCUT2D eigenvalue weighted by atomic mass is 16.5. The average Bonchev–Trinajstić information content (AvgIpc) is 3.03. The smallest absolute Gasteiger partial charge is 0.343 e. The monoisotopic (exact) mass is 594 g/mol. The van der Waals surface area contributed by atoms with Gasteiger partial charge in [-0.1, -0.05) is 67.6 Å². The summed E-state index contributed by atoms with van der Waals surface area (Å²) in [7, 11) is 0. The SMILES string of the molecule is CCCC(=O)N(CCCOc1ccc(CC(Nc2ccccc2OC(=O)c2ccccc2)C(=O)O)cc1)c1ccccc1C. The van der Waals surface area contributed by atoms with E-state index >= 15 is 0 Å². The molecule has 4 rings (SSSR count). The van der Waals surface area contributed by atoms with E-state index in [1.807, 2.05) is 67.3 Å². The van der Waals surface area contributed by atoms with Crippen LogP contribution in [-0.4, -0.2) is 42.1 Å². The highest BCUT2D eigenvalue weighted by Crippen LogP contribution is 2.27. The summed E-state index contributed by atoms with van der Waals surface area (Å²) < 4.78 is 11.5. The zero-order valence-corrected chi connectivity index (χ0v) is 25.1. The molecule has 0 aliphatic rings. The van der Waals surface area contributed by atoms with Crippen LogP contribution in [0, 0.1) is 6.92 Å². The predicted molar refractivity (Wildman–Crippen MR) is 172 cm³/mol. The van der Waals surface area contributed by atoms with Gasteiger partial charge in [0.2, 0.25) is 5.91 Å². The molecule has 0 saturated carbocycles. The van der Waals surface area contributed by atoms with E-state index in [0.29, 0.717) is 43.0 Å². The Labute approximate surface area is 258 Å². The molecule has 0 saturated heterocycles. The zero-order chi connectivity index (χ0) is 31.3. The third-order valence-corrected chi connectivity index (χ3v) is 7.06. The highest BCUT2D eigenvalue weighted by Gasteiger charge is 2.21. The maximum absolute atomic E-state index is 12.8. The maximum Gasteiger partial charge on any atom is 0.343 e. The van der Waals surface area contributed by atoms with Gasteiger partial charge in [0.15, 0.2) is 5.75 Å². The van der Waals surface area contributed by atoms with Crippen molar-refractivity contribution in [2.75, 3.05) is 23.4 Å². The first kappa shape index (κ1) is 31.8. The molecule has 1 unspecified atom stereocenters. The number of nitrogens with one attached hydrogen (secondary N) is 1. The van der Waals surface area contributed by atoms with Crippen LogP contribution in [-0.2, 0) is 16.0 Å². The minimum atomic E-state index is -1.04. The first-order valence-electron chi connectivity index (χ1n) is 14.8. The number of ether oxygens (including phenoxy) is 2. The fourth-order valence-electron chi connectivity index (χ4n) is 4.76. The maximum atomic E-state index is 12.8. The number of hydrogen-bond acceptors (Lipinski definition) is 6. The van der Waals surface area contributed by atoms with E-state index in [4.69, 9.17) is 9.47 Å². The molecular formula is C36H38N2O6. The molecule has 8 nitrogen and oxygen atoms in total. The number of hydrogen-bond donors (Lipinski definition) is 2. The summed E-state index contributed by atoms with van der Waals surface area (Å²) in [4.78, 5) is 39.4. The van der Waals surface area contributed by atoms with Crippen LogP contribution >= 0.6 is 0 Å². The summed E-state index contributed by atoms with van der Waals surface area (Å²) in [6.45, 7) is 4.98. The molecule has 0 heterocycles. The van der Waals surface area contributed by atoms with Gasteiger partial charge in [0.25, 0.3) is 0 Å². The molecule has 0 aliphatic carbocycles. The summed E-state index contributed by atoms with van der Waals surface area (Å²) in [5.74, 6) is -0.560. The molecule has 0 radical (unpaired) electrons. The van der Waals surface area contributed by atoms with Crippen molar-refractivity contribution in [1.82, 2.24) is 0 Å². The van der Waals surface area contributed by atoms with Crippen molar-refractivity contribution in [3.63, 3.8) is 0 Å². The number of carboxylic acid groups (broad SMARTS) is 1. The zero-order valence-electron chi connectivity index (χ0n) is 25.1. The fourth-order valence-corrected chi connectivity index (χ4v) is 4.76. The predicted octanol–water partition coefficient (Wildman–Crippen LogP) is 6.92. The lowest BCUT2D eigenvalue weighted by Crippen LogP contribution is -2.33. The van der Waals surface area contributed by atoms with Gasteiger partial charge in [-0.3, -0.25) is 4.79 Å². The summed E-state index contributed by atoms with van der Waals surface area (Å²) in [5.41, 5.74) is 3.58. The second-order valence-electron chi connectivity index (χ2n) is 10.4. The Morgan fingerprint density at radius 1 is 0.864 bits per heavy atom. The van der Waals surface area contributed by atoms with E-state index in [9.17, 15) is 19.5 Å². The number of esters is 1. The second-order valence-corrected chi connectivity index (χ2v) is 10.4. The Balaban J connectivity index is 1.33. The molecule has 4 aromatic rings. The van der Waals surface area contributed by atoms with Gasteiger partial charge in [-0.25, -0.2) is 9.59 Å². The number of benzene rings is 4. The van der Waals surface area contributed by atoms with Crippen LogP contribution in [0.2, 0.25) is 0 Å². The van der Waals surface area contributed by atoms with Crippen molar-refractivity contribution in [1.29, 1.82) is 0 Å². The second kappa shape index (κ2) is 15.9. The molecule has 2 N–H and O–H groups in total. The first-order valence-corrected chi connectivity index (χ1v) is 14.8. The lowest BCUT2D eigenvalue weighted by Gasteiger charge is -2.24. The third-order valence-electron chi connectivity index (χ3n) is 7.06. The van der Waals surface area contributed by atoms with Gasteiger partial charge in [-0.2, -0.15) is 0 Å². The van der Waals surface area contributed by atoms with Gasteiger partial charge in [-0.05, 0) is 73.4 Å². The Morgan fingerprint density at radius 3 is 2.25 bits per heavy atom. The summed E-state index contributed by atoms with van der Waals surface area (Å²) in [5, 5.41) is 13.0. The minimum absolute atomic E-state index is 0.102. The molecule has 0 aliphatic heterocycles. The van der Waals surface area contributed by atoms with Crippen LogP contribution in [0.5, 0.6) is 11.5 Å². The van der Waals surface area contributed by atoms with Gasteiger partial charge in [0.05, 0.1) is 17.9 Å². The van der Waals surface area contributed by atoms with Crippen molar-refractivity contribution < 1.29 is 29.0 Å². The Hall–Kier alpha value is -5.11. The number of carbonyl (C=O) groups is 3. The number of carbonyl (C=O) groups excluding carboxylic acids is 2. The van der Waals surface area contributed by atoms with E-state index < -0.39 is 18.0 Å². The summed E-state index contributed by atoms with van der Waals surface area (Å²) in [6, 6.07) is 29.6. The number of amides is 1. The Kier molecular flexibility index (Phi) is 11.5.